The molecule has 0 saturated heterocycles. The van der Waals surface area contributed by atoms with Crippen LogP contribution in [0.2, 0.25) is 0 Å². The summed E-state index contributed by atoms with van der Waals surface area (Å²) in [6, 6.07) is 9.14. The van der Waals surface area contributed by atoms with Crippen LogP contribution in [0.4, 0.5) is 4.39 Å². The van der Waals surface area contributed by atoms with Crippen LogP contribution in [0.3, 0.4) is 0 Å². The molecular weight excluding hydrogens is 221 g/mol. The third kappa shape index (κ3) is 2.28. The highest BCUT2D eigenvalue weighted by molar-refractivity contribution is 5.86. The minimum absolute atomic E-state index is 0.0489. The van der Waals surface area contributed by atoms with Gasteiger partial charge in [-0.15, -0.1) is 0 Å². The topological polar surface area (TPSA) is 63.5 Å². The highest BCUT2D eigenvalue weighted by Gasteiger charge is 2.17. The Morgan fingerprint density at radius 1 is 1.24 bits per heavy atom. The van der Waals surface area contributed by atoms with Gasteiger partial charge in [-0.25, -0.2) is 4.39 Å². The van der Waals surface area contributed by atoms with Crippen LogP contribution < -0.4 is 5.73 Å². The van der Waals surface area contributed by atoms with Crippen molar-refractivity contribution < 1.29 is 9.60 Å². The van der Waals surface area contributed by atoms with E-state index in [4.69, 9.17) is 10.9 Å². The fraction of sp³-hybridized carbons (Fsp3) is 0.0833. The largest absolute Gasteiger partial charge is 0.409 e. The van der Waals surface area contributed by atoms with Crippen LogP contribution in [-0.2, 0) is 0 Å². The van der Waals surface area contributed by atoms with Crippen LogP contribution in [0.1, 0.15) is 11.6 Å². The highest BCUT2D eigenvalue weighted by Crippen LogP contribution is 2.19. The molecule has 3 N–H and O–H groups in total. The monoisotopic (exact) mass is 233 g/mol. The van der Waals surface area contributed by atoms with E-state index in [0.29, 0.717) is 0 Å². The van der Waals surface area contributed by atoms with Crippen LogP contribution in [0.25, 0.3) is 0 Å². The minimum Gasteiger partial charge on any atom is -0.409 e. The van der Waals surface area contributed by atoms with Crippen molar-refractivity contribution in [3.8, 4) is 0 Å². The molecule has 1 aromatic carbocycles. The second-order valence-corrected chi connectivity index (χ2v) is 3.61. The summed E-state index contributed by atoms with van der Waals surface area (Å²) in [5, 5.41) is 11.8. The number of benzene rings is 1. The summed E-state index contributed by atoms with van der Waals surface area (Å²) in [6.45, 7) is 0. The lowest BCUT2D eigenvalue weighted by Gasteiger charge is -2.17. The molecular formula is C12H12FN3O. The van der Waals surface area contributed by atoms with Gasteiger partial charge in [-0.3, -0.25) is 0 Å². The average Bonchev–Trinajstić information content (AvgIpc) is 2.85. The van der Waals surface area contributed by atoms with E-state index in [1.54, 1.807) is 29.1 Å². The molecule has 2 aromatic rings. The molecule has 4 nitrogen and oxygen atoms in total. The molecule has 0 saturated carbocycles. The maximum Gasteiger partial charge on any atom is 0.166 e. The Labute approximate surface area is 97.8 Å². The second-order valence-electron chi connectivity index (χ2n) is 3.61. The minimum atomic E-state index is -0.435. The number of halogens is 1. The number of amidine groups is 1. The van der Waals surface area contributed by atoms with Gasteiger partial charge in [-0.2, -0.15) is 0 Å². The molecule has 0 bridgehead atoms. The summed E-state index contributed by atoms with van der Waals surface area (Å²) in [5.74, 6) is -0.271. The maximum atomic E-state index is 12.9. The molecule has 0 amide bonds. The first-order valence-corrected chi connectivity index (χ1v) is 5.07. The van der Waals surface area contributed by atoms with Gasteiger partial charge < -0.3 is 15.5 Å². The zero-order valence-electron chi connectivity index (χ0n) is 8.99. The lowest BCUT2D eigenvalue weighted by Crippen LogP contribution is -2.27. The summed E-state index contributed by atoms with van der Waals surface area (Å²) in [4.78, 5) is 0. The van der Waals surface area contributed by atoms with Crippen LogP contribution in [0.15, 0.2) is 53.9 Å². The van der Waals surface area contributed by atoms with Crippen LogP contribution in [-0.4, -0.2) is 15.6 Å². The maximum absolute atomic E-state index is 12.9. The highest BCUT2D eigenvalue weighted by atomic mass is 19.1. The predicted molar refractivity (Wildman–Crippen MR) is 62.4 cm³/mol. The van der Waals surface area contributed by atoms with Gasteiger partial charge in [-0.05, 0) is 29.8 Å². The van der Waals surface area contributed by atoms with Crippen LogP contribution >= 0.6 is 0 Å². The Hall–Kier alpha value is -2.30. The average molecular weight is 233 g/mol. The third-order valence-electron chi connectivity index (χ3n) is 2.51. The first kappa shape index (κ1) is 11.2. The van der Waals surface area contributed by atoms with E-state index >= 15 is 0 Å². The van der Waals surface area contributed by atoms with Crippen molar-refractivity contribution in [2.45, 2.75) is 6.04 Å². The summed E-state index contributed by atoms with van der Waals surface area (Å²) < 4.78 is 14.6. The smallest absolute Gasteiger partial charge is 0.166 e. The number of rotatable bonds is 3. The molecule has 1 aromatic heterocycles. The van der Waals surface area contributed by atoms with Gasteiger partial charge in [0.2, 0.25) is 0 Å². The molecule has 0 aliphatic rings. The molecule has 17 heavy (non-hydrogen) atoms. The third-order valence-corrected chi connectivity index (χ3v) is 2.51. The molecule has 0 radical (unpaired) electrons. The van der Waals surface area contributed by atoms with E-state index in [0.717, 1.165) is 5.56 Å². The summed E-state index contributed by atoms with van der Waals surface area (Å²) in [5.41, 5.74) is 6.41. The van der Waals surface area contributed by atoms with Gasteiger partial charge in [0.25, 0.3) is 0 Å². The van der Waals surface area contributed by atoms with E-state index in [-0.39, 0.29) is 11.7 Å². The molecule has 0 aliphatic heterocycles. The quantitative estimate of drug-likeness (QED) is 0.368. The van der Waals surface area contributed by atoms with Crippen molar-refractivity contribution in [2.75, 3.05) is 0 Å². The molecule has 0 spiro atoms. The predicted octanol–water partition coefficient (Wildman–Crippen LogP) is 1.96. The lowest BCUT2D eigenvalue weighted by atomic mass is 10.1. The molecule has 5 heteroatoms. The molecule has 1 heterocycles. The van der Waals surface area contributed by atoms with Crippen LogP contribution in [0, 0.1) is 5.82 Å². The van der Waals surface area contributed by atoms with E-state index in [9.17, 15) is 4.39 Å². The second kappa shape index (κ2) is 4.69. The van der Waals surface area contributed by atoms with E-state index in [2.05, 4.69) is 5.16 Å². The van der Waals surface area contributed by atoms with Gasteiger partial charge in [0.05, 0.1) is 0 Å². The lowest BCUT2D eigenvalue weighted by molar-refractivity contribution is 0.315. The van der Waals surface area contributed by atoms with E-state index < -0.39 is 6.04 Å². The molecule has 0 aliphatic carbocycles. The zero-order valence-corrected chi connectivity index (χ0v) is 8.99. The number of aromatic nitrogens is 1. The van der Waals surface area contributed by atoms with Crippen molar-refractivity contribution in [2.24, 2.45) is 10.9 Å². The fourth-order valence-corrected chi connectivity index (χ4v) is 1.72. The molecule has 0 fully saturated rings. The van der Waals surface area contributed by atoms with Crippen molar-refractivity contribution >= 4 is 5.84 Å². The number of hydrogen-bond acceptors (Lipinski definition) is 2. The van der Waals surface area contributed by atoms with Gasteiger partial charge in [0, 0.05) is 12.4 Å². The number of nitrogens with two attached hydrogens (primary N) is 1. The Morgan fingerprint density at radius 3 is 2.35 bits per heavy atom. The SMILES string of the molecule is NC(=NO)[C@H](c1ccc(F)cc1)n1cccc1. The van der Waals surface area contributed by atoms with Crippen molar-refractivity contribution in [1.82, 2.24) is 4.57 Å². The Kier molecular flexibility index (Phi) is 3.09. The van der Waals surface area contributed by atoms with Crippen molar-refractivity contribution in [3.05, 3.63) is 60.2 Å². The molecule has 2 rings (SSSR count). The molecule has 88 valence electrons. The first-order valence-electron chi connectivity index (χ1n) is 5.07. The fourth-order valence-electron chi connectivity index (χ4n) is 1.72. The standard InChI is InChI=1S/C12H12FN3O/c13-10-5-3-9(4-6-10)11(12(14)15-17)16-7-1-2-8-16/h1-8,11,17H,(H2,14,15)/t11-/m0/s1. The van der Waals surface area contributed by atoms with Crippen LogP contribution in [0.5, 0.6) is 0 Å². The van der Waals surface area contributed by atoms with Gasteiger partial charge in [0.15, 0.2) is 5.84 Å². The Balaban J connectivity index is 2.44. The van der Waals surface area contributed by atoms with Gasteiger partial charge in [0.1, 0.15) is 11.9 Å². The van der Waals surface area contributed by atoms with E-state index in [1.165, 1.54) is 12.1 Å². The Morgan fingerprint density at radius 2 is 1.82 bits per heavy atom. The van der Waals surface area contributed by atoms with Gasteiger partial charge >= 0.3 is 0 Å². The Bertz CT molecular complexity index is 505. The number of oxime groups is 1. The molecule has 1 atom stereocenters. The summed E-state index contributed by atoms with van der Waals surface area (Å²) >= 11 is 0. The van der Waals surface area contributed by atoms with Crippen molar-refractivity contribution in [1.29, 1.82) is 0 Å². The normalized spacial score (nSPS) is 13.6. The zero-order chi connectivity index (χ0) is 12.3. The summed E-state index contributed by atoms with van der Waals surface area (Å²) in [6.07, 6.45) is 3.60. The number of nitrogens with zero attached hydrogens (tertiary/aromatic N) is 2. The molecule has 0 unspecified atom stereocenters. The van der Waals surface area contributed by atoms with Crippen molar-refractivity contribution in [3.63, 3.8) is 0 Å². The number of hydrogen-bond donors (Lipinski definition) is 2. The van der Waals surface area contributed by atoms with Gasteiger partial charge in [-0.1, -0.05) is 17.3 Å². The summed E-state index contributed by atoms with van der Waals surface area (Å²) in [7, 11) is 0. The first-order chi connectivity index (χ1) is 8.22. The van der Waals surface area contributed by atoms with E-state index in [1.807, 2.05) is 12.1 Å².